The summed E-state index contributed by atoms with van der Waals surface area (Å²) in [6.45, 7) is 5.69. The molecule has 0 unspecified atom stereocenters. The van der Waals surface area contributed by atoms with Crippen molar-refractivity contribution in [2.24, 2.45) is 0 Å². The van der Waals surface area contributed by atoms with Crippen molar-refractivity contribution in [3.05, 3.63) is 71.7 Å². The van der Waals surface area contributed by atoms with Crippen LogP contribution in [0, 0.1) is 11.3 Å². The highest BCUT2D eigenvalue weighted by atomic mass is 16.5. The lowest BCUT2D eigenvalue weighted by atomic mass is 10.1. The molecule has 180 valence electrons. The fraction of sp³-hybridized carbons (Fsp3) is 0.370. The Morgan fingerprint density at radius 1 is 1.09 bits per heavy atom. The number of β-amino-alcohol motifs (C(OH)–C–C–N with tert-alkyl or cyclic N) is 1. The Labute approximate surface area is 205 Å². The molecular weight excluding hydrogens is 442 g/mol. The molecule has 2 saturated heterocycles. The number of hydrogen-bond acceptors (Lipinski definition) is 8. The predicted octanol–water partition coefficient (Wildman–Crippen LogP) is 2.50. The summed E-state index contributed by atoms with van der Waals surface area (Å²) in [4.78, 5) is 13.7. The van der Waals surface area contributed by atoms with Crippen molar-refractivity contribution >= 4 is 5.69 Å². The third kappa shape index (κ3) is 5.60. The molecule has 1 aromatic heterocycles. The molecular formula is C27H29N5O3. The summed E-state index contributed by atoms with van der Waals surface area (Å²) in [6.07, 6.45) is 2.44. The first-order valence-corrected chi connectivity index (χ1v) is 12.0. The second-order valence-electron chi connectivity index (χ2n) is 8.85. The molecule has 2 aliphatic rings. The fourth-order valence-corrected chi connectivity index (χ4v) is 4.45. The Morgan fingerprint density at radius 3 is 2.63 bits per heavy atom. The minimum Gasteiger partial charge on any atom is -0.486 e. The number of hydrogen-bond donors (Lipinski definition) is 1. The highest BCUT2D eigenvalue weighted by molar-refractivity contribution is 5.64. The lowest BCUT2D eigenvalue weighted by molar-refractivity contribution is 0.0105. The van der Waals surface area contributed by atoms with Crippen molar-refractivity contribution in [2.45, 2.75) is 12.5 Å². The van der Waals surface area contributed by atoms with Crippen LogP contribution in [0.3, 0.4) is 0 Å². The van der Waals surface area contributed by atoms with Crippen LogP contribution in [-0.2, 0) is 11.2 Å². The summed E-state index contributed by atoms with van der Waals surface area (Å²) in [5.74, 6) is 1.32. The molecule has 1 N–H and O–H groups in total. The van der Waals surface area contributed by atoms with Gasteiger partial charge in [0.2, 0.25) is 0 Å². The van der Waals surface area contributed by atoms with E-state index < -0.39 is 0 Å². The van der Waals surface area contributed by atoms with E-state index in [1.165, 1.54) is 5.69 Å². The van der Waals surface area contributed by atoms with Crippen LogP contribution >= 0.6 is 0 Å². The van der Waals surface area contributed by atoms with Gasteiger partial charge in [-0.05, 0) is 42.0 Å². The largest absolute Gasteiger partial charge is 0.486 e. The minimum atomic E-state index is 0.0415. The molecule has 3 aromatic rings. The van der Waals surface area contributed by atoms with Gasteiger partial charge in [0.1, 0.15) is 23.7 Å². The topological polar surface area (TPSA) is 94.7 Å². The summed E-state index contributed by atoms with van der Waals surface area (Å²) in [7, 11) is 0. The van der Waals surface area contributed by atoms with Gasteiger partial charge >= 0.3 is 0 Å². The second-order valence-corrected chi connectivity index (χ2v) is 8.85. The molecule has 2 aromatic carbocycles. The smallest absolute Gasteiger partial charge is 0.137 e. The van der Waals surface area contributed by atoms with Crippen LogP contribution in [0.2, 0.25) is 0 Å². The molecule has 0 atom stereocenters. The molecule has 2 fully saturated rings. The van der Waals surface area contributed by atoms with Gasteiger partial charge in [0.25, 0.3) is 0 Å². The van der Waals surface area contributed by atoms with Crippen LogP contribution in [0.1, 0.15) is 17.0 Å². The van der Waals surface area contributed by atoms with Gasteiger partial charge in [-0.3, -0.25) is 4.90 Å². The van der Waals surface area contributed by atoms with Crippen LogP contribution in [0.4, 0.5) is 5.69 Å². The number of aromatic nitrogens is 2. The van der Waals surface area contributed by atoms with E-state index >= 15 is 0 Å². The van der Waals surface area contributed by atoms with Gasteiger partial charge in [-0.2, -0.15) is 5.26 Å². The van der Waals surface area contributed by atoms with E-state index in [2.05, 4.69) is 45.1 Å². The minimum absolute atomic E-state index is 0.0415. The quantitative estimate of drug-likeness (QED) is 0.536. The molecule has 8 heteroatoms. The second kappa shape index (κ2) is 10.8. The number of benzene rings is 2. The van der Waals surface area contributed by atoms with Crippen molar-refractivity contribution in [1.82, 2.24) is 14.9 Å². The van der Waals surface area contributed by atoms with E-state index in [1.807, 2.05) is 24.3 Å². The first-order valence-electron chi connectivity index (χ1n) is 12.0. The van der Waals surface area contributed by atoms with Crippen LogP contribution in [-0.4, -0.2) is 78.6 Å². The van der Waals surface area contributed by atoms with E-state index in [9.17, 15) is 5.26 Å². The van der Waals surface area contributed by atoms with Gasteiger partial charge < -0.3 is 19.5 Å². The Kier molecular flexibility index (Phi) is 7.19. The summed E-state index contributed by atoms with van der Waals surface area (Å²) in [6, 6.07) is 18.3. The highest BCUT2D eigenvalue weighted by Gasteiger charge is 2.28. The average molecular weight is 472 g/mol. The van der Waals surface area contributed by atoms with Gasteiger partial charge in [-0.1, -0.05) is 12.1 Å². The molecule has 0 aliphatic carbocycles. The molecule has 0 bridgehead atoms. The number of rotatable bonds is 8. The maximum absolute atomic E-state index is 9.68. The van der Waals surface area contributed by atoms with Crippen molar-refractivity contribution in [3.63, 3.8) is 0 Å². The summed E-state index contributed by atoms with van der Waals surface area (Å²) < 4.78 is 11.4. The number of nitriles is 1. The molecule has 5 rings (SSSR count). The summed E-state index contributed by atoms with van der Waals surface area (Å²) in [5.41, 5.74) is 4.48. The maximum atomic E-state index is 9.68. The third-order valence-electron chi connectivity index (χ3n) is 6.41. The number of likely N-dealkylation sites (tertiary alicyclic amines) is 1. The Balaban J connectivity index is 1.25. The van der Waals surface area contributed by atoms with E-state index in [1.54, 1.807) is 6.20 Å². The van der Waals surface area contributed by atoms with Crippen LogP contribution in [0.25, 0.3) is 11.3 Å². The van der Waals surface area contributed by atoms with Crippen LogP contribution in [0.15, 0.2) is 54.7 Å². The SMILES string of the molecule is N#Cc1cc(-c2ccnc(Cc3ccc(N4CCOCC4)cc3)n2)ccc1OC1CN(CCO)C1. The average Bonchev–Trinajstić information content (AvgIpc) is 2.89. The fourth-order valence-electron chi connectivity index (χ4n) is 4.45. The molecule has 0 spiro atoms. The van der Waals surface area contributed by atoms with Crippen molar-refractivity contribution < 1.29 is 14.6 Å². The molecule has 3 heterocycles. The molecule has 35 heavy (non-hydrogen) atoms. The zero-order chi connectivity index (χ0) is 24.0. The van der Waals surface area contributed by atoms with Crippen molar-refractivity contribution in [3.8, 4) is 23.1 Å². The lowest BCUT2D eigenvalue weighted by Gasteiger charge is -2.38. The Morgan fingerprint density at radius 2 is 1.89 bits per heavy atom. The first-order chi connectivity index (χ1) is 17.2. The number of aliphatic hydroxyl groups is 1. The monoisotopic (exact) mass is 471 g/mol. The molecule has 2 aliphatic heterocycles. The number of ether oxygens (including phenoxy) is 2. The van der Waals surface area contributed by atoms with Gasteiger partial charge in [-0.15, -0.1) is 0 Å². The zero-order valence-corrected chi connectivity index (χ0v) is 19.6. The van der Waals surface area contributed by atoms with E-state index in [0.29, 0.717) is 24.3 Å². The first kappa shape index (κ1) is 23.2. The maximum Gasteiger partial charge on any atom is 0.137 e. The highest BCUT2D eigenvalue weighted by Crippen LogP contribution is 2.28. The van der Waals surface area contributed by atoms with Gasteiger partial charge in [0.15, 0.2) is 0 Å². The van der Waals surface area contributed by atoms with Gasteiger partial charge in [-0.25, -0.2) is 9.97 Å². The lowest BCUT2D eigenvalue weighted by Crippen LogP contribution is -2.54. The molecule has 0 saturated carbocycles. The van der Waals surface area contributed by atoms with Crippen molar-refractivity contribution in [1.29, 1.82) is 5.26 Å². The van der Waals surface area contributed by atoms with Crippen molar-refractivity contribution in [2.75, 3.05) is 57.4 Å². The molecule has 8 nitrogen and oxygen atoms in total. The normalized spacial score (nSPS) is 16.5. The number of morpholine rings is 1. The molecule has 0 radical (unpaired) electrons. The number of anilines is 1. The van der Waals surface area contributed by atoms with Gasteiger partial charge in [0.05, 0.1) is 31.1 Å². The zero-order valence-electron chi connectivity index (χ0n) is 19.6. The van der Waals surface area contributed by atoms with E-state index in [4.69, 9.17) is 19.6 Å². The number of nitrogens with zero attached hydrogens (tertiary/aromatic N) is 5. The Hall–Kier alpha value is -3.51. The summed E-state index contributed by atoms with van der Waals surface area (Å²) in [5, 5.41) is 18.7. The van der Waals surface area contributed by atoms with E-state index in [-0.39, 0.29) is 12.7 Å². The van der Waals surface area contributed by atoms with E-state index in [0.717, 1.165) is 62.0 Å². The van der Waals surface area contributed by atoms with Gasteiger partial charge in [0, 0.05) is 56.6 Å². The standard InChI is InChI=1S/C27H29N5O3/c28-17-22-16-21(3-6-26(22)35-24-18-31(19-24)9-12-33)25-7-8-29-27(30-25)15-20-1-4-23(5-2-20)32-10-13-34-14-11-32/h1-8,16,24,33H,9-15,18-19H2. The summed E-state index contributed by atoms with van der Waals surface area (Å²) >= 11 is 0. The Bertz CT molecular complexity index is 1180. The molecule has 0 amide bonds. The van der Waals surface area contributed by atoms with Crippen LogP contribution in [0.5, 0.6) is 5.75 Å². The number of aliphatic hydroxyl groups excluding tert-OH is 1. The predicted molar refractivity (Wildman–Crippen MR) is 132 cm³/mol. The third-order valence-corrected chi connectivity index (χ3v) is 6.41. The van der Waals surface area contributed by atoms with Crippen LogP contribution < -0.4 is 9.64 Å².